The van der Waals surface area contributed by atoms with Crippen LogP contribution in [0.1, 0.15) is 21.5 Å². The van der Waals surface area contributed by atoms with Crippen molar-refractivity contribution in [3.63, 3.8) is 0 Å². The van der Waals surface area contributed by atoms with Gasteiger partial charge in [-0.1, -0.05) is 48.0 Å². The maximum Gasteiger partial charge on any atom is 0.260 e. The number of halogens is 2. The molecule has 0 aliphatic heterocycles. The standard InChI is InChI=1S/C21H17ClFNO2/c1-26-19-11-10-16(13-15(19)12-14-6-3-2-4-7-14)24-21(25)20-17(22)8-5-9-18(20)23/h2-11,13H,12H2,1H3,(H,24,25). The Bertz CT molecular complexity index is 908. The molecular formula is C21H17ClFNO2. The van der Waals surface area contributed by atoms with E-state index in [1.807, 2.05) is 36.4 Å². The number of anilines is 1. The molecule has 0 fully saturated rings. The van der Waals surface area contributed by atoms with Gasteiger partial charge in [0.15, 0.2) is 0 Å². The average molecular weight is 370 g/mol. The Hall–Kier alpha value is -2.85. The molecule has 0 radical (unpaired) electrons. The molecule has 3 rings (SSSR count). The molecule has 0 aliphatic carbocycles. The summed E-state index contributed by atoms with van der Waals surface area (Å²) in [5.41, 5.74) is 2.40. The van der Waals surface area contributed by atoms with E-state index in [0.717, 1.165) is 16.9 Å². The van der Waals surface area contributed by atoms with Gasteiger partial charge in [0, 0.05) is 17.7 Å². The highest BCUT2D eigenvalue weighted by atomic mass is 35.5. The predicted molar refractivity (Wildman–Crippen MR) is 102 cm³/mol. The van der Waals surface area contributed by atoms with Crippen LogP contribution in [0.3, 0.4) is 0 Å². The highest BCUT2D eigenvalue weighted by molar-refractivity contribution is 6.34. The summed E-state index contributed by atoms with van der Waals surface area (Å²) < 4.78 is 19.3. The second-order valence-electron chi connectivity index (χ2n) is 5.74. The van der Waals surface area contributed by atoms with Gasteiger partial charge in [0.05, 0.1) is 17.7 Å². The van der Waals surface area contributed by atoms with E-state index >= 15 is 0 Å². The van der Waals surface area contributed by atoms with Crippen LogP contribution in [0.5, 0.6) is 5.75 Å². The second kappa shape index (κ2) is 8.02. The van der Waals surface area contributed by atoms with Gasteiger partial charge in [-0.2, -0.15) is 0 Å². The number of nitrogens with one attached hydrogen (secondary N) is 1. The molecule has 132 valence electrons. The Morgan fingerprint density at radius 2 is 1.85 bits per heavy atom. The lowest BCUT2D eigenvalue weighted by atomic mass is 10.0. The predicted octanol–water partition coefficient (Wildman–Crippen LogP) is 5.33. The highest BCUT2D eigenvalue weighted by Crippen LogP contribution is 2.26. The number of hydrogen-bond acceptors (Lipinski definition) is 2. The molecule has 0 spiro atoms. The third-order valence-corrected chi connectivity index (χ3v) is 4.28. The molecule has 0 bridgehead atoms. The Labute approximate surface area is 156 Å². The van der Waals surface area contributed by atoms with E-state index in [1.165, 1.54) is 18.2 Å². The van der Waals surface area contributed by atoms with Crippen molar-refractivity contribution in [2.45, 2.75) is 6.42 Å². The fraction of sp³-hybridized carbons (Fsp3) is 0.0952. The molecular weight excluding hydrogens is 353 g/mol. The van der Waals surface area contributed by atoms with Crippen LogP contribution >= 0.6 is 11.6 Å². The fourth-order valence-electron chi connectivity index (χ4n) is 2.72. The summed E-state index contributed by atoms with van der Waals surface area (Å²) in [6.07, 6.45) is 0.647. The summed E-state index contributed by atoms with van der Waals surface area (Å²) >= 11 is 5.96. The largest absolute Gasteiger partial charge is 0.496 e. The number of ether oxygens (including phenoxy) is 1. The number of methoxy groups -OCH3 is 1. The van der Waals surface area contributed by atoms with Gasteiger partial charge in [0.2, 0.25) is 0 Å². The van der Waals surface area contributed by atoms with Crippen molar-refractivity contribution in [3.8, 4) is 5.75 Å². The van der Waals surface area contributed by atoms with Crippen LogP contribution < -0.4 is 10.1 Å². The molecule has 26 heavy (non-hydrogen) atoms. The molecule has 0 saturated heterocycles. The van der Waals surface area contributed by atoms with Crippen molar-refractivity contribution < 1.29 is 13.9 Å². The molecule has 1 N–H and O–H groups in total. The lowest BCUT2D eigenvalue weighted by molar-refractivity contribution is 0.102. The van der Waals surface area contributed by atoms with Crippen molar-refractivity contribution in [2.24, 2.45) is 0 Å². The molecule has 3 aromatic rings. The Morgan fingerprint density at radius 3 is 2.54 bits per heavy atom. The van der Waals surface area contributed by atoms with Gasteiger partial charge in [0.1, 0.15) is 11.6 Å². The van der Waals surface area contributed by atoms with E-state index < -0.39 is 11.7 Å². The molecule has 0 aromatic heterocycles. The molecule has 0 atom stereocenters. The Kier molecular flexibility index (Phi) is 5.54. The first kappa shape index (κ1) is 18.0. The first-order valence-corrected chi connectivity index (χ1v) is 8.42. The van der Waals surface area contributed by atoms with Crippen LogP contribution in [-0.4, -0.2) is 13.0 Å². The van der Waals surface area contributed by atoms with Crippen molar-refractivity contribution in [1.29, 1.82) is 0 Å². The molecule has 5 heteroatoms. The lowest BCUT2D eigenvalue weighted by Crippen LogP contribution is -2.14. The molecule has 0 unspecified atom stereocenters. The van der Waals surface area contributed by atoms with E-state index in [-0.39, 0.29) is 10.6 Å². The summed E-state index contributed by atoms with van der Waals surface area (Å²) in [7, 11) is 1.60. The van der Waals surface area contributed by atoms with Crippen LogP contribution in [0.25, 0.3) is 0 Å². The second-order valence-corrected chi connectivity index (χ2v) is 6.15. The minimum atomic E-state index is -0.659. The van der Waals surface area contributed by atoms with Crippen LogP contribution in [0.4, 0.5) is 10.1 Å². The van der Waals surface area contributed by atoms with Crippen LogP contribution in [0.15, 0.2) is 66.7 Å². The number of carbonyl (C=O) groups excluding carboxylic acids is 1. The van der Waals surface area contributed by atoms with Crippen LogP contribution in [-0.2, 0) is 6.42 Å². The molecule has 0 heterocycles. The quantitative estimate of drug-likeness (QED) is 0.660. The summed E-state index contributed by atoms with van der Waals surface area (Å²) in [4.78, 5) is 12.4. The van der Waals surface area contributed by atoms with Crippen molar-refractivity contribution in [2.75, 3.05) is 12.4 Å². The van der Waals surface area contributed by atoms with Gasteiger partial charge in [-0.15, -0.1) is 0 Å². The normalized spacial score (nSPS) is 10.4. The van der Waals surface area contributed by atoms with E-state index in [4.69, 9.17) is 16.3 Å². The maximum atomic E-state index is 13.9. The average Bonchev–Trinajstić information content (AvgIpc) is 2.63. The van der Waals surface area contributed by atoms with E-state index in [0.29, 0.717) is 12.1 Å². The summed E-state index contributed by atoms with van der Waals surface area (Å²) in [6, 6.07) is 19.4. The van der Waals surface area contributed by atoms with Gasteiger partial charge >= 0.3 is 0 Å². The zero-order valence-electron chi connectivity index (χ0n) is 14.1. The van der Waals surface area contributed by atoms with E-state index in [1.54, 1.807) is 19.2 Å². The number of rotatable bonds is 5. The molecule has 1 amide bonds. The molecule has 3 aromatic carbocycles. The van der Waals surface area contributed by atoms with E-state index in [2.05, 4.69) is 5.32 Å². The van der Waals surface area contributed by atoms with Crippen molar-refractivity contribution in [1.82, 2.24) is 0 Å². The third kappa shape index (κ3) is 4.03. The number of hydrogen-bond donors (Lipinski definition) is 1. The monoisotopic (exact) mass is 369 g/mol. The topological polar surface area (TPSA) is 38.3 Å². The summed E-state index contributed by atoms with van der Waals surface area (Å²) in [5.74, 6) is -0.535. The molecule has 0 aliphatic rings. The van der Waals surface area contributed by atoms with Gasteiger partial charge < -0.3 is 10.1 Å². The van der Waals surface area contributed by atoms with Gasteiger partial charge in [-0.05, 0) is 35.9 Å². The zero-order valence-corrected chi connectivity index (χ0v) is 14.9. The Balaban J connectivity index is 1.87. The highest BCUT2D eigenvalue weighted by Gasteiger charge is 2.16. The fourth-order valence-corrected chi connectivity index (χ4v) is 2.97. The first-order chi connectivity index (χ1) is 12.6. The molecule has 3 nitrogen and oxygen atoms in total. The summed E-state index contributed by atoms with van der Waals surface area (Å²) in [6.45, 7) is 0. The van der Waals surface area contributed by atoms with Gasteiger partial charge in [-0.25, -0.2) is 4.39 Å². The first-order valence-electron chi connectivity index (χ1n) is 8.04. The smallest absolute Gasteiger partial charge is 0.260 e. The van der Waals surface area contributed by atoms with Crippen LogP contribution in [0, 0.1) is 5.82 Å². The van der Waals surface area contributed by atoms with Gasteiger partial charge in [0.25, 0.3) is 5.91 Å². The minimum absolute atomic E-state index is 0.0699. The number of carbonyl (C=O) groups is 1. The summed E-state index contributed by atoms with van der Waals surface area (Å²) in [5, 5.41) is 2.77. The molecule has 0 saturated carbocycles. The van der Waals surface area contributed by atoms with Crippen molar-refractivity contribution in [3.05, 3.63) is 94.3 Å². The third-order valence-electron chi connectivity index (χ3n) is 3.97. The number of benzene rings is 3. The maximum absolute atomic E-state index is 13.9. The zero-order chi connectivity index (χ0) is 18.5. The number of amides is 1. The minimum Gasteiger partial charge on any atom is -0.496 e. The van der Waals surface area contributed by atoms with E-state index in [9.17, 15) is 9.18 Å². The van der Waals surface area contributed by atoms with Crippen LogP contribution in [0.2, 0.25) is 5.02 Å². The van der Waals surface area contributed by atoms with Crippen molar-refractivity contribution >= 4 is 23.2 Å². The van der Waals surface area contributed by atoms with Gasteiger partial charge in [-0.3, -0.25) is 4.79 Å². The Morgan fingerprint density at radius 1 is 1.08 bits per heavy atom. The lowest BCUT2D eigenvalue weighted by Gasteiger charge is -2.13. The SMILES string of the molecule is COc1ccc(NC(=O)c2c(F)cccc2Cl)cc1Cc1ccccc1.